The molecule has 1 heterocycles. The molecule has 5 heteroatoms. The molecule has 0 saturated heterocycles. The first-order valence-electron chi connectivity index (χ1n) is 6.73. The minimum Gasteiger partial charge on any atom is -0.453 e. The Morgan fingerprint density at radius 1 is 1.47 bits per heavy atom. The van der Waals surface area contributed by atoms with Gasteiger partial charge in [0, 0.05) is 26.9 Å². The van der Waals surface area contributed by atoms with Gasteiger partial charge in [0.1, 0.15) is 12.4 Å². The van der Waals surface area contributed by atoms with Gasteiger partial charge >= 0.3 is 0 Å². The molecule has 5 nitrogen and oxygen atoms in total. The van der Waals surface area contributed by atoms with E-state index in [2.05, 4.69) is 5.32 Å². The van der Waals surface area contributed by atoms with Crippen molar-refractivity contribution in [3.63, 3.8) is 0 Å². The van der Waals surface area contributed by atoms with Crippen molar-refractivity contribution in [3.8, 4) is 0 Å². The Morgan fingerprint density at radius 3 is 3.05 bits per heavy atom. The first-order chi connectivity index (χ1) is 9.29. The van der Waals surface area contributed by atoms with Crippen LogP contribution in [0, 0.1) is 5.92 Å². The first-order valence-corrected chi connectivity index (χ1v) is 6.73. The second-order valence-corrected chi connectivity index (χ2v) is 4.83. The zero-order valence-electron chi connectivity index (χ0n) is 11.3. The van der Waals surface area contributed by atoms with E-state index < -0.39 is 0 Å². The quantitative estimate of drug-likeness (QED) is 0.695. The summed E-state index contributed by atoms with van der Waals surface area (Å²) in [7, 11) is 1.59. The number of amides is 1. The van der Waals surface area contributed by atoms with Gasteiger partial charge in [-0.05, 0) is 37.3 Å². The second kappa shape index (κ2) is 7.31. The maximum Gasteiger partial charge on any atom is 0.286 e. The maximum absolute atomic E-state index is 11.7. The molecule has 0 radical (unpaired) electrons. The lowest BCUT2D eigenvalue weighted by Crippen LogP contribution is -2.24. The lowest BCUT2D eigenvalue weighted by Gasteiger charge is -2.04. The van der Waals surface area contributed by atoms with Gasteiger partial charge in [0.15, 0.2) is 5.76 Å². The number of carbonyl (C=O) groups excluding carboxylic acids is 1. The number of carbonyl (C=O) groups is 1. The molecule has 1 aliphatic carbocycles. The van der Waals surface area contributed by atoms with Gasteiger partial charge in [0.2, 0.25) is 0 Å². The fourth-order valence-corrected chi connectivity index (χ4v) is 1.72. The summed E-state index contributed by atoms with van der Waals surface area (Å²) >= 11 is 0. The Hall–Kier alpha value is -1.33. The fraction of sp³-hybridized carbons (Fsp3) is 0.643. The van der Waals surface area contributed by atoms with Gasteiger partial charge in [0.05, 0.1) is 0 Å². The molecule has 19 heavy (non-hydrogen) atoms. The summed E-state index contributed by atoms with van der Waals surface area (Å²) in [5.41, 5.74) is 0. The first kappa shape index (κ1) is 14.1. The van der Waals surface area contributed by atoms with Gasteiger partial charge in [-0.2, -0.15) is 0 Å². The highest BCUT2D eigenvalue weighted by molar-refractivity contribution is 5.91. The van der Waals surface area contributed by atoms with Crippen molar-refractivity contribution in [2.24, 2.45) is 5.92 Å². The Bertz CT molecular complexity index is 398. The molecule has 1 aliphatic rings. The number of nitrogens with one attached hydrogen (secondary N) is 1. The summed E-state index contributed by atoms with van der Waals surface area (Å²) in [6.45, 7) is 2.54. The lowest BCUT2D eigenvalue weighted by molar-refractivity contribution is 0.0902. The molecular weight excluding hydrogens is 246 g/mol. The van der Waals surface area contributed by atoms with Gasteiger partial charge in [-0.3, -0.25) is 4.79 Å². The van der Waals surface area contributed by atoms with Crippen LogP contribution in [0.5, 0.6) is 0 Å². The average molecular weight is 267 g/mol. The number of methoxy groups -OCH3 is 1. The zero-order chi connectivity index (χ0) is 13.5. The summed E-state index contributed by atoms with van der Waals surface area (Å²) in [4.78, 5) is 11.7. The Balaban J connectivity index is 1.57. The van der Waals surface area contributed by atoms with Gasteiger partial charge < -0.3 is 19.2 Å². The topological polar surface area (TPSA) is 60.7 Å². The smallest absolute Gasteiger partial charge is 0.286 e. The van der Waals surface area contributed by atoms with Crippen molar-refractivity contribution in [2.75, 3.05) is 26.9 Å². The van der Waals surface area contributed by atoms with Crippen LogP contribution in [0.15, 0.2) is 16.5 Å². The minimum absolute atomic E-state index is 0.190. The lowest BCUT2D eigenvalue weighted by atomic mass is 10.4. The summed E-state index contributed by atoms with van der Waals surface area (Å²) in [5.74, 6) is 1.58. The van der Waals surface area contributed by atoms with Crippen LogP contribution in [0.3, 0.4) is 0 Å². The largest absolute Gasteiger partial charge is 0.453 e. The molecular formula is C14H21NO4. The normalized spacial score (nSPS) is 14.6. The third kappa shape index (κ3) is 5.04. The monoisotopic (exact) mass is 267 g/mol. The third-order valence-corrected chi connectivity index (χ3v) is 2.97. The summed E-state index contributed by atoms with van der Waals surface area (Å²) in [6.07, 6.45) is 3.43. The van der Waals surface area contributed by atoms with Crippen LogP contribution in [-0.4, -0.2) is 32.8 Å². The van der Waals surface area contributed by atoms with E-state index in [9.17, 15) is 4.79 Å². The highest BCUT2D eigenvalue weighted by Gasteiger charge is 2.20. The van der Waals surface area contributed by atoms with Crippen molar-refractivity contribution < 1.29 is 18.7 Å². The van der Waals surface area contributed by atoms with Crippen LogP contribution < -0.4 is 5.32 Å². The van der Waals surface area contributed by atoms with Crippen LogP contribution in [0.1, 0.15) is 35.6 Å². The molecule has 1 amide bonds. The molecule has 0 unspecified atom stereocenters. The maximum atomic E-state index is 11.7. The standard InChI is InChI=1S/C14H21NO4/c1-17-10-12-5-6-13(19-12)14(16)15-7-2-8-18-9-11-3-4-11/h5-6,11H,2-4,7-10H2,1H3,(H,15,16). The molecule has 1 saturated carbocycles. The highest BCUT2D eigenvalue weighted by atomic mass is 16.5. The zero-order valence-corrected chi connectivity index (χ0v) is 11.3. The molecule has 1 N–H and O–H groups in total. The minimum atomic E-state index is -0.190. The molecule has 1 aromatic rings. The van der Waals surface area contributed by atoms with Gasteiger partial charge in [0.25, 0.3) is 5.91 Å². The average Bonchev–Trinajstić information content (AvgIpc) is 3.11. The van der Waals surface area contributed by atoms with Crippen LogP contribution in [0.4, 0.5) is 0 Å². The van der Waals surface area contributed by atoms with Crippen molar-refractivity contribution in [2.45, 2.75) is 25.9 Å². The van der Waals surface area contributed by atoms with E-state index in [1.54, 1.807) is 19.2 Å². The van der Waals surface area contributed by atoms with E-state index in [1.165, 1.54) is 12.8 Å². The Labute approximate surface area is 113 Å². The van der Waals surface area contributed by atoms with Crippen molar-refractivity contribution in [3.05, 3.63) is 23.7 Å². The van der Waals surface area contributed by atoms with Crippen molar-refractivity contribution in [1.82, 2.24) is 5.32 Å². The third-order valence-electron chi connectivity index (χ3n) is 2.97. The van der Waals surface area contributed by atoms with E-state index in [-0.39, 0.29) is 5.91 Å². The molecule has 0 spiro atoms. The van der Waals surface area contributed by atoms with Crippen molar-refractivity contribution >= 4 is 5.91 Å². The molecule has 1 aromatic heterocycles. The van der Waals surface area contributed by atoms with E-state index in [1.807, 2.05) is 0 Å². The molecule has 106 valence electrons. The molecule has 0 aliphatic heterocycles. The number of rotatable bonds is 9. The van der Waals surface area contributed by atoms with E-state index >= 15 is 0 Å². The molecule has 0 bridgehead atoms. The Morgan fingerprint density at radius 2 is 2.32 bits per heavy atom. The SMILES string of the molecule is COCc1ccc(C(=O)NCCCOCC2CC2)o1. The van der Waals surface area contributed by atoms with Gasteiger partial charge in [-0.25, -0.2) is 0 Å². The molecule has 2 rings (SSSR count). The predicted octanol–water partition coefficient (Wildman–Crippen LogP) is 1.97. The number of hydrogen-bond donors (Lipinski definition) is 1. The summed E-state index contributed by atoms with van der Waals surface area (Å²) in [6, 6.07) is 3.41. The Kier molecular flexibility index (Phi) is 5.42. The fourth-order valence-electron chi connectivity index (χ4n) is 1.72. The molecule has 0 atom stereocenters. The summed E-state index contributed by atoms with van der Waals surface area (Å²) < 4.78 is 15.8. The second-order valence-electron chi connectivity index (χ2n) is 4.83. The van der Waals surface area contributed by atoms with Crippen LogP contribution in [-0.2, 0) is 16.1 Å². The van der Waals surface area contributed by atoms with Crippen LogP contribution >= 0.6 is 0 Å². The summed E-state index contributed by atoms with van der Waals surface area (Å²) in [5, 5.41) is 2.80. The van der Waals surface area contributed by atoms with E-state index in [4.69, 9.17) is 13.9 Å². The van der Waals surface area contributed by atoms with E-state index in [0.717, 1.165) is 18.9 Å². The highest BCUT2D eigenvalue weighted by Crippen LogP contribution is 2.28. The predicted molar refractivity (Wildman–Crippen MR) is 69.9 cm³/mol. The van der Waals surface area contributed by atoms with Crippen LogP contribution in [0.25, 0.3) is 0 Å². The van der Waals surface area contributed by atoms with Crippen molar-refractivity contribution in [1.29, 1.82) is 0 Å². The number of hydrogen-bond acceptors (Lipinski definition) is 4. The molecule has 1 fully saturated rings. The van der Waals surface area contributed by atoms with E-state index in [0.29, 0.717) is 31.3 Å². The molecule has 0 aromatic carbocycles. The number of furan rings is 1. The number of ether oxygens (including phenoxy) is 2. The van der Waals surface area contributed by atoms with Crippen LogP contribution in [0.2, 0.25) is 0 Å². The van der Waals surface area contributed by atoms with Gasteiger partial charge in [-0.1, -0.05) is 0 Å². The van der Waals surface area contributed by atoms with Gasteiger partial charge in [-0.15, -0.1) is 0 Å².